The summed E-state index contributed by atoms with van der Waals surface area (Å²) in [5.41, 5.74) is 3.55. The van der Waals surface area contributed by atoms with Crippen LogP contribution in [0.1, 0.15) is 35.9 Å². The minimum absolute atomic E-state index is 0.179. The molecule has 4 heteroatoms. The largest absolute Gasteiger partial charge is 0.299 e. The van der Waals surface area contributed by atoms with Crippen molar-refractivity contribution in [3.8, 4) is 0 Å². The van der Waals surface area contributed by atoms with E-state index in [1.165, 1.54) is 17.5 Å². The Morgan fingerprint density at radius 3 is 2.70 bits per heavy atom. The summed E-state index contributed by atoms with van der Waals surface area (Å²) < 4.78 is 1.82. The molecule has 0 aliphatic heterocycles. The fraction of sp³-hybridized carbons (Fsp3) is 0.438. The highest BCUT2D eigenvalue weighted by molar-refractivity contribution is 5.82. The van der Waals surface area contributed by atoms with Crippen LogP contribution in [0, 0.1) is 13.8 Å². The molecule has 0 fully saturated rings. The number of benzene rings is 1. The molecule has 2 rings (SSSR count). The van der Waals surface area contributed by atoms with Gasteiger partial charge in [-0.25, -0.2) is 9.67 Å². The molecule has 0 spiro atoms. The monoisotopic (exact) mass is 271 g/mol. The summed E-state index contributed by atoms with van der Waals surface area (Å²) in [6.45, 7) is 7.05. The lowest BCUT2D eigenvalue weighted by Gasteiger charge is -2.06. The van der Waals surface area contributed by atoms with E-state index in [2.05, 4.69) is 43.0 Å². The number of Topliss-reactive ketones (excluding diaryl/α,β-unsaturated/α-hetero) is 1. The highest BCUT2D eigenvalue weighted by Crippen LogP contribution is 2.11. The van der Waals surface area contributed by atoms with Crippen LogP contribution >= 0.6 is 0 Å². The van der Waals surface area contributed by atoms with Gasteiger partial charge in [-0.15, -0.1) is 0 Å². The summed E-state index contributed by atoms with van der Waals surface area (Å²) in [7, 11) is 0. The zero-order chi connectivity index (χ0) is 14.5. The Bertz CT molecular complexity index is 602. The molecular weight excluding hydrogens is 250 g/mol. The van der Waals surface area contributed by atoms with E-state index in [0.717, 1.165) is 24.4 Å². The van der Waals surface area contributed by atoms with Crippen molar-refractivity contribution in [2.75, 3.05) is 0 Å². The third-order valence-electron chi connectivity index (χ3n) is 3.46. The predicted molar refractivity (Wildman–Crippen MR) is 78.6 cm³/mol. The molecule has 1 aromatic carbocycles. The number of rotatable bonds is 6. The normalized spacial score (nSPS) is 10.8. The smallest absolute Gasteiger partial charge is 0.144 e. The lowest BCUT2D eigenvalue weighted by molar-refractivity contribution is -0.117. The Hall–Kier alpha value is -1.97. The average molecular weight is 271 g/mol. The Morgan fingerprint density at radius 2 is 2.00 bits per heavy atom. The molecule has 4 nitrogen and oxygen atoms in total. The van der Waals surface area contributed by atoms with E-state index in [9.17, 15) is 4.79 Å². The number of hydrogen-bond donors (Lipinski definition) is 0. The lowest BCUT2D eigenvalue weighted by Crippen LogP contribution is -2.13. The standard InChI is InChI=1S/C16H21N3O/c1-4-7-19-16(17-11-18-19)10-15(20)9-14-6-5-12(2)13(3)8-14/h5-6,8,11H,4,7,9-10H2,1-3H3. The molecule has 106 valence electrons. The number of ketones is 1. The second kappa shape index (κ2) is 6.46. The first-order chi connectivity index (χ1) is 9.60. The number of aromatic nitrogens is 3. The van der Waals surface area contributed by atoms with Crippen molar-refractivity contribution < 1.29 is 4.79 Å². The average Bonchev–Trinajstić information content (AvgIpc) is 2.82. The van der Waals surface area contributed by atoms with Gasteiger partial charge in [0.2, 0.25) is 0 Å². The fourth-order valence-electron chi connectivity index (χ4n) is 2.20. The van der Waals surface area contributed by atoms with Gasteiger partial charge in [0, 0.05) is 13.0 Å². The number of carbonyl (C=O) groups excluding carboxylic acids is 1. The summed E-state index contributed by atoms with van der Waals surface area (Å²) in [6.07, 6.45) is 3.32. The molecule has 0 radical (unpaired) electrons. The van der Waals surface area contributed by atoms with Crippen molar-refractivity contribution in [1.29, 1.82) is 0 Å². The van der Waals surface area contributed by atoms with Crippen molar-refractivity contribution in [2.24, 2.45) is 0 Å². The third kappa shape index (κ3) is 3.53. The minimum Gasteiger partial charge on any atom is -0.299 e. The van der Waals surface area contributed by atoms with E-state index >= 15 is 0 Å². The zero-order valence-corrected chi connectivity index (χ0v) is 12.4. The van der Waals surface area contributed by atoms with Crippen molar-refractivity contribution in [3.05, 3.63) is 47.0 Å². The Morgan fingerprint density at radius 1 is 1.20 bits per heavy atom. The predicted octanol–water partition coefficient (Wildman–Crippen LogP) is 2.66. The summed E-state index contributed by atoms with van der Waals surface area (Å²) in [6, 6.07) is 6.18. The molecule has 0 saturated heterocycles. The van der Waals surface area contributed by atoms with Crippen LogP contribution in [0.15, 0.2) is 24.5 Å². The molecule has 0 N–H and O–H groups in total. The second-order valence-corrected chi connectivity index (χ2v) is 5.21. The van der Waals surface area contributed by atoms with Crippen LogP contribution in [0.25, 0.3) is 0 Å². The van der Waals surface area contributed by atoms with Crippen molar-refractivity contribution in [3.63, 3.8) is 0 Å². The highest BCUT2D eigenvalue weighted by atomic mass is 16.1. The van der Waals surface area contributed by atoms with Gasteiger partial charge in [0.1, 0.15) is 17.9 Å². The first-order valence-electron chi connectivity index (χ1n) is 7.04. The SMILES string of the molecule is CCCn1ncnc1CC(=O)Cc1ccc(C)c(C)c1. The van der Waals surface area contributed by atoms with E-state index in [4.69, 9.17) is 0 Å². The van der Waals surface area contributed by atoms with Gasteiger partial charge in [0.15, 0.2) is 0 Å². The van der Waals surface area contributed by atoms with Crippen LogP contribution in [0.4, 0.5) is 0 Å². The van der Waals surface area contributed by atoms with Crippen LogP contribution in [-0.2, 0) is 24.2 Å². The molecule has 1 heterocycles. The molecule has 0 unspecified atom stereocenters. The molecule has 0 aliphatic carbocycles. The van der Waals surface area contributed by atoms with Gasteiger partial charge in [-0.3, -0.25) is 4.79 Å². The summed E-state index contributed by atoms with van der Waals surface area (Å²) in [5, 5.41) is 4.15. The van der Waals surface area contributed by atoms with E-state index in [0.29, 0.717) is 12.8 Å². The lowest BCUT2D eigenvalue weighted by atomic mass is 10.0. The molecule has 0 atom stereocenters. The van der Waals surface area contributed by atoms with Gasteiger partial charge in [-0.1, -0.05) is 25.1 Å². The quantitative estimate of drug-likeness (QED) is 0.811. The maximum absolute atomic E-state index is 12.2. The molecule has 0 saturated carbocycles. The third-order valence-corrected chi connectivity index (χ3v) is 3.46. The van der Waals surface area contributed by atoms with Gasteiger partial charge >= 0.3 is 0 Å². The topological polar surface area (TPSA) is 47.8 Å². The zero-order valence-electron chi connectivity index (χ0n) is 12.4. The number of nitrogens with zero attached hydrogens (tertiary/aromatic N) is 3. The van der Waals surface area contributed by atoms with Crippen LogP contribution < -0.4 is 0 Å². The van der Waals surface area contributed by atoms with E-state index in [-0.39, 0.29) is 5.78 Å². The molecule has 20 heavy (non-hydrogen) atoms. The number of hydrogen-bond acceptors (Lipinski definition) is 3. The maximum Gasteiger partial charge on any atom is 0.144 e. The highest BCUT2D eigenvalue weighted by Gasteiger charge is 2.11. The summed E-state index contributed by atoms with van der Waals surface area (Å²) in [4.78, 5) is 16.3. The molecule has 2 aromatic rings. The van der Waals surface area contributed by atoms with E-state index < -0.39 is 0 Å². The molecular formula is C16H21N3O. The van der Waals surface area contributed by atoms with Crippen molar-refractivity contribution in [1.82, 2.24) is 14.8 Å². The number of aryl methyl sites for hydroxylation is 3. The summed E-state index contributed by atoms with van der Waals surface area (Å²) in [5.74, 6) is 0.944. The van der Waals surface area contributed by atoms with Gasteiger partial charge in [-0.05, 0) is 37.0 Å². The maximum atomic E-state index is 12.2. The Balaban J connectivity index is 2.01. The molecule has 1 aromatic heterocycles. The minimum atomic E-state index is 0.179. The second-order valence-electron chi connectivity index (χ2n) is 5.21. The van der Waals surface area contributed by atoms with Crippen molar-refractivity contribution >= 4 is 5.78 Å². The van der Waals surface area contributed by atoms with Crippen LogP contribution in [0.5, 0.6) is 0 Å². The Kier molecular flexibility index (Phi) is 4.66. The van der Waals surface area contributed by atoms with Crippen LogP contribution in [-0.4, -0.2) is 20.5 Å². The van der Waals surface area contributed by atoms with Crippen molar-refractivity contribution in [2.45, 2.75) is 46.6 Å². The van der Waals surface area contributed by atoms with Gasteiger partial charge < -0.3 is 0 Å². The molecule has 0 amide bonds. The van der Waals surface area contributed by atoms with E-state index in [1.807, 2.05) is 10.7 Å². The van der Waals surface area contributed by atoms with Gasteiger partial charge in [-0.2, -0.15) is 5.10 Å². The fourth-order valence-corrected chi connectivity index (χ4v) is 2.20. The molecule has 0 aliphatic rings. The number of carbonyl (C=O) groups is 1. The van der Waals surface area contributed by atoms with Gasteiger partial charge in [0.05, 0.1) is 6.42 Å². The molecule has 0 bridgehead atoms. The first kappa shape index (κ1) is 14.4. The summed E-state index contributed by atoms with van der Waals surface area (Å²) >= 11 is 0. The van der Waals surface area contributed by atoms with Crippen LogP contribution in [0.3, 0.4) is 0 Å². The van der Waals surface area contributed by atoms with Crippen LogP contribution in [0.2, 0.25) is 0 Å². The first-order valence-corrected chi connectivity index (χ1v) is 7.04. The Labute approximate surface area is 119 Å². The van der Waals surface area contributed by atoms with E-state index in [1.54, 1.807) is 0 Å². The van der Waals surface area contributed by atoms with Gasteiger partial charge in [0.25, 0.3) is 0 Å².